The Bertz CT molecular complexity index is 452. The summed E-state index contributed by atoms with van der Waals surface area (Å²) < 4.78 is 5.37. The molecule has 2 aromatic rings. The van der Waals surface area contributed by atoms with Crippen LogP contribution in [-0.4, -0.2) is 29.5 Å². The maximum absolute atomic E-state index is 9.12. The standard InChI is InChI=1S/C12H15NO3/c14-6-5-9(7-15)13-11-8-16-12-4-2-1-3-10(11)12/h1-4,8-9,13-15H,5-7H2. The van der Waals surface area contributed by atoms with Gasteiger partial charge in [0.05, 0.1) is 18.3 Å². The fraction of sp³-hybridized carbons (Fsp3) is 0.333. The van der Waals surface area contributed by atoms with E-state index in [4.69, 9.17) is 14.6 Å². The van der Waals surface area contributed by atoms with Gasteiger partial charge in [0.15, 0.2) is 0 Å². The number of furan rings is 1. The third-order valence-electron chi connectivity index (χ3n) is 2.54. The van der Waals surface area contributed by atoms with Crippen LogP contribution in [0, 0.1) is 0 Å². The van der Waals surface area contributed by atoms with Crippen molar-refractivity contribution in [2.75, 3.05) is 18.5 Å². The van der Waals surface area contributed by atoms with Crippen molar-refractivity contribution in [3.63, 3.8) is 0 Å². The summed E-state index contributed by atoms with van der Waals surface area (Å²) in [6.45, 7) is 0.0358. The number of hydrogen-bond acceptors (Lipinski definition) is 4. The first-order valence-electron chi connectivity index (χ1n) is 5.29. The summed E-state index contributed by atoms with van der Waals surface area (Å²) in [5.41, 5.74) is 1.66. The topological polar surface area (TPSA) is 65.6 Å². The van der Waals surface area contributed by atoms with E-state index >= 15 is 0 Å². The summed E-state index contributed by atoms with van der Waals surface area (Å²) in [5, 5.41) is 22.1. The van der Waals surface area contributed by atoms with E-state index in [1.165, 1.54) is 0 Å². The molecule has 0 fully saturated rings. The fourth-order valence-corrected chi connectivity index (χ4v) is 1.67. The predicted molar refractivity (Wildman–Crippen MR) is 62.4 cm³/mol. The van der Waals surface area contributed by atoms with Crippen molar-refractivity contribution in [1.82, 2.24) is 0 Å². The molecular formula is C12H15NO3. The number of anilines is 1. The van der Waals surface area contributed by atoms with Crippen molar-refractivity contribution in [3.8, 4) is 0 Å². The van der Waals surface area contributed by atoms with Crippen LogP contribution >= 0.6 is 0 Å². The zero-order valence-corrected chi connectivity index (χ0v) is 8.89. The summed E-state index contributed by atoms with van der Waals surface area (Å²) in [5.74, 6) is 0. The molecule has 1 unspecified atom stereocenters. The fourth-order valence-electron chi connectivity index (χ4n) is 1.67. The highest BCUT2D eigenvalue weighted by Gasteiger charge is 2.10. The third-order valence-corrected chi connectivity index (χ3v) is 2.54. The van der Waals surface area contributed by atoms with E-state index in [-0.39, 0.29) is 19.3 Å². The minimum Gasteiger partial charge on any atom is -0.462 e. The normalized spacial score (nSPS) is 12.9. The predicted octanol–water partition coefficient (Wildman–Crippen LogP) is 1.59. The Morgan fingerprint density at radius 3 is 2.81 bits per heavy atom. The average Bonchev–Trinajstić information content (AvgIpc) is 2.72. The zero-order valence-electron chi connectivity index (χ0n) is 8.89. The van der Waals surface area contributed by atoms with Gasteiger partial charge in [0.25, 0.3) is 0 Å². The first-order chi connectivity index (χ1) is 7.85. The number of rotatable bonds is 5. The lowest BCUT2D eigenvalue weighted by molar-refractivity contribution is 0.229. The number of aliphatic hydroxyl groups excluding tert-OH is 2. The molecule has 0 saturated heterocycles. The Morgan fingerprint density at radius 1 is 1.25 bits per heavy atom. The number of aliphatic hydroxyl groups is 2. The smallest absolute Gasteiger partial charge is 0.136 e. The minimum absolute atomic E-state index is 0.0138. The second kappa shape index (κ2) is 5.01. The van der Waals surface area contributed by atoms with Gasteiger partial charge in [0.1, 0.15) is 11.8 Å². The van der Waals surface area contributed by atoms with E-state index in [0.717, 1.165) is 16.7 Å². The van der Waals surface area contributed by atoms with Gasteiger partial charge >= 0.3 is 0 Å². The quantitative estimate of drug-likeness (QED) is 0.717. The molecule has 1 heterocycles. The van der Waals surface area contributed by atoms with Crippen LogP contribution in [0.4, 0.5) is 5.69 Å². The molecule has 2 rings (SSSR count). The van der Waals surface area contributed by atoms with Crippen molar-refractivity contribution < 1.29 is 14.6 Å². The minimum atomic E-state index is -0.147. The number of nitrogens with one attached hydrogen (secondary N) is 1. The van der Waals surface area contributed by atoms with Crippen molar-refractivity contribution >= 4 is 16.7 Å². The molecule has 0 saturated carbocycles. The molecule has 0 aliphatic carbocycles. The maximum Gasteiger partial charge on any atom is 0.136 e. The van der Waals surface area contributed by atoms with Crippen LogP contribution in [0.1, 0.15) is 6.42 Å². The molecule has 4 nitrogen and oxygen atoms in total. The lowest BCUT2D eigenvalue weighted by atomic mass is 10.2. The molecule has 0 bridgehead atoms. The first-order valence-corrected chi connectivity index (χ1v) is 5.29. The number of fused-ring (bicyclic) bond motifs is 1. The van der Waals surface area contributed by atoms with Crippen LogP contribution in [-0.2, 0) is 0 Å². The number of para-hydroxylation sites is 1. The molecule has 0 amide bonds. The molecule has 1 atom stereocenters. The highest BCUT2D eigenvalue weighted by molar-refractivity contribution is 5.90. The average molecular weight is 221 g/mol. The molecular weight excluding hydrogens is 206 g/mol. The SMILES string of the molecule is OCCC(CO)Nc1coc2ccccc12. The lowest BCUT2D eigenvalue weighted by Crippen LogP contribution is -2.24. The van der Waals surface area contributed by atoms with Gasteiger partial charge in [-0.25, -0.2) is 0 Å². The summed E-state index contributed by atoms with van der Waals surface area (Å²) in [6.07, 6.45) is 2.14. The van der Waals surface area contributed by atoms with Gasteiger partial charge in [-0.05, 0) is 18.6 Å². The molecule has 0 aliphatic heterocycles. The van der Waals surface area contributed by atoms with Gasteiger partial charge in [0.2, 0.25) is 0 Å². The summed E-state index contributed by atoms with van der Waals surface area (Å²) in [7, 11) is 0. The Morgan fingerprint density at radius 2 is 2.06 bits per heavy atom. The van der Waals surface area contributed by atoms with Gasteiger partial charge in [-0.15, -0.1) is 0 Å². The van der Waals surface area contributed by atoms with Crippen molar-refractivity contribution in [2.45, 2.75) is 12.5 Å². The van der Waals surface area contributed by atoms with Gasteiger partial charge in [-0.2, -0.15) is 0 Å². The van der Waals surface area contributed by atoms with Crippen LogP contribution in [0.2, 0.25) is 0 Å². The first kappa shape index (κ1) is 11.0. The molecule has 0 aliphatic rings. The highest BCUT2D eigenvalue weighted by atomic mass is 16.3. The Kier molecular flexibility index (Phi) is 3.44. The van der Waals surface area contributed by atoms with E-state index in [1.54, 1.807) is 6.26 Å². The monoisotopic (exact) mass is 221 g/mol. The lowest BCUT2D eigenvalue weighted by Gasteiger charge is -2.14. The van der Waals surface area contributed by atoms with E-state index in [9.17, 15) is 0 Å². The van der Waals surface area contributed by atoms with Gasteiger partial charge in [0, 0.05) is 12.0 Å². The molecule has 86 valence electrons. The molecule has 1 aromatic heterocycles. The van der Waals surface area contributed by atoms with E-state index < -0.39 is 0 Å². The molecule has 1 aromatic carbocycles. The van der Waals surface area contributed by atoms with Gasteiger partial charge in [-0.1, -0.05) is 12.1 Å². The van der Waals surface area contributed by atoms with Crippen LogP contribution < -0.4 is 5.32 Å². The van der Waals surface area contributed by atoms with Crippen molar-refractivity contribution in [2.24, 2.45) is 0 Å². The molecule has 16 heavy (non-hydrogen) atoms. The Balaban J connectivity index is 2.20. The molecule has 0 spiro atoms. The number of hydrogen-bond donors (Lipinski definition) is 3. The zero-order chi connectivity index (χ0) is 11.4. The van der Waals surface area contributed by atoms with Crippen LogP contribution in [0.5, 0.6) is 0 Å². The summed E-state index contributed by atoms with van der Waals surface area (Å²) in [6, 6.07) is 7.54. The van der Waals surface area contributed by atoms with Gasteiger partial charge < -0.3 is 19.9 Å². The molecule has 3 N–H and O–H groups in total. The van der Waals surface area contributed by atoms with Crippen molar-refractivity contribution in [1.29, 1.82) is 0 Å². The Hall–Kier alpha value is -1.52. The summed E-state index contributed by atoms with van der Waals surface area (Å²) >= 11 is 0. The highest BCUT2D eigenvalue weighted by Crippen LogP contribution is 2.25. The molecule has 0 radical (unpaired) electrons. The number of benzene rings is 1. The largest absolute Gasteiger partial charge is 0.462 e. The summed E-state index contributed by atoms with van der Waals surface area (Å²) in [4.78, 5) is 0. The third kappa shape index (κ3) is 2.18. The van der Waals surface area contributed by atoms with E-state index in [0.29, 0.717) is 6.42 Å². The second-order valence-corrected chi connectivity index (χ2v) is 3.68. The van der Waals surface area contributed by atoms with Crippen LogP contribution in [0.15, 0.2) is 34.9 Å². The van der Waals surface area contributed by atoms with Crippen LogP contribution in [0.25, 0.3) is 11.0 Å². The molecule has 4 heteroatoms. The van der Waals surface area contributed by atoms with E-state index in [2.05, 4.69) is 5.32 Å². The Labute approximate surface area is 93.5 Å². The second-order valence-electron chi connectivity index (χ2n) is 3.68. The maximum atomic E-state index is 9.12. The van der Waals surface area contributed by atoms with Crippen LogP contribution in [0.3, 0.4) is 0 Å². The van der Waals surface area contributed by atoms with Crippen molar-refractivity contribution in [3.05, 3.63) is 30.5 Å². The van der Waals surface area contributed by atoms with Gasteiger partial charge in [-0.3, -0.25) is 0 Å². The van der Waals surface area contributed by atoms with E-state index in [1.807, 2.05) is 24.3 Å².